The Labute approximate surface area is 96.9 Å². The number of aromatic nitrogens is 2. The highest BCUT2D eigenvalue weighted by Gasteiger charge is 2.16. The van der Waals surface area contributed by atoms with Gasteiger partial charge >= 0.3 is 5.97 Å². The first kappa shape index (κ1) is 12.9. The van der Waals surface area contributed by atoms with Gasteiger partial charge in [0.15, 0.2) is 0 Å². The lowest BCUT2D eigenvalue weighted by Crippen LogP contribution is -2.33. The minimum absolute atomic E-state index is 0.0332. The summed E-state index contributed by atoms with van der Waals surface area (Å²) in [6, 6.07) is 0. The molecule has 0 aliphatic rings. The van der Waals surface area contributed by atoms with Crippen molar-refractivity contribution >= 4 is 11.9 Å². The van der Waals surface area contributed by atoms with Crippen molar-refractivity contribution < 1.29 is 14.7 Å². The predicted octanol–water partition coefficient (Wildman–Crippen LogP) is -0.390. The van der Waals surface area contributed by atoms with Crippen LogP contribution < -0.4 is 10.9 Å². The van der Waals surface area contributed by atoms with Crippen LogP contribution in [0.1, 0.15) is 23.8 Å². The van der Waals surface area contributed by atoms with E-state index < -0.39 is 23.4 Å². The first-order valence-electron chi connectivity index (χ1n) is 5.10. The lowest BCUT2D eigenvalue weighted by Gasteiger charge is -2.10. The van der Waals surface area contributed by atoms with Gasteiger partial charge in [0, 0.05) is 12.7 Å². The van der Waals surface area contributed by atoms with E-state index in [2.05, 4.69) is 15.3 Å². The fourth-order valence-corrected chi connectivity index (χ4v) is 1.18. The highest BCUT2D eigenvalue weighted by molar-refractivity contribution is 5.92. The van der Waals surface area contributed by atoms with Crippen LogP contribution in [-0.2, 0) is 4.79 Å². The molecule has 0 aliphatic carbocycles. The molecule has 0 bridgehead atoms. The van der Waals surface area contributed by atoms with Crippen molar-refractivity contribution in [3.63, 3.8) is 0 Å². The van der Waals surface area contributed by atoms with E-state index in [1.54, 1.807) is 6.92 Å². The number of nitrogens with zero attached hydrogens (tertiary/aromatic N) is 1. The van der Waals surface area contributed by atoms with Crippen LogP contribution in [0.3, 0.4) is 0 Å². The Morgan fingerprint density at radius 1 is 1.59 bits per heavy atom. The molecule has 0 fully saturated rings. The number of rotatable bonds is 5. The molecule has 1 atom stereocenters. The first-order chi connectivity index (χ1) is 8.04. The minimum atomic E-state index is -0.956. The lowest BCUT2D eigenvalue weighted by molar-refractivity contribution is -0.141. The molecule has 0 aliphatic heterocycles. The van der Waals surface area contributed by atoms with Gasteiger partial charge in [0.05, 0.1) is 12.1 Å². The van der Waals surface area contributed by atoms with Crippen LogP contribution in [0.4, 0.5) is 0 Å². The second-order valence-electron chi connectivity index (χ2n) is 3.45. The number of carbonyl (C=O) groups is 2. The van der Waals surface area contributed by atoms with Gasteiger partial charge in [0.2, 0.25) is 0 Å². The van der Waals surface area contributed by atoms with Gasteiger partial charge < -0.3 is 15.4 Å². The molecule has 17 heavy (non-hydrogen) atoms. The van der Waals surface area contributed by atoms with Gasteiger partial charge in [0.1, 0.15) is 5.69 Å². The number of aliphatic carboxylic acids is 1. The summed E-state index contributed by atoms with van der Waals surface area (Å²) in [4.78, 5) is 38.9. The summed E-state index contributed by atoms with van der Waals surface area (Å²) in [5.41, 5.74) is -0.358. The number of amides is 1. The van der Waals surface area contributed by atoms with Crippen molar-refractivity contribution in [2.45, 2.75) is 13.3 Å². The molecule has 7 nitrogen and oxygen atoms in total. The van der Waals surface area contributed by atoms with Crippen molar-refractivity contribution in [2.24, 2.45) is 5.92 Å². The molecule has 7 heteroatoms. The van der Waals surface area contributed by atoms with Crippen LogP contribution >= 0.6 is 0 Å². The van der Waals surface area contributed by atoms with Gasteiger partial charge in [-0.2, -0.15) is 0 Å². The smallest absolute Gasteiger partial charge is 0.308 e. The molecule has 1 heterocycles. The third kappa shape index (κ3) is 3.71. The molecule has 1 rings (SSSR count). The average Bonchev–Trinajstić information content (AvgIpc) is 2.30. The fourth-order valence-electron chi connectivity index (χ4n) is 1.18. The number of carboxylic acid groups (broad SMARTS) is 1. The summed E-state index contributed by atoms with van der Waals surface area (Å²) >= 11 is 0. The maximum absolute atomic E-state index is 11.5. The van der Waals surface area contributed by atoms with Crippen molar-refractivity contribution in [2.75, 3.05) is 6.54 Å². The van der Waals surface area contributed by atoms with E-state index in [1.165, 1.54) is 6.20 Å². The van der Waals surface area contributed by atoms with Crippen molar-refractivity contribution in [1.82, 2.24) is 15.3 Å². The molecule has 1 unspecified atom stereocenters. The summed E-state index contributed by atoms with van der Waals surface area (Å²) in [5.74, 6) is -2.09. The Bertz CT molecular complexity index is 448. The molecule has 0 saturated carbocycles. The van der Waals surface area contributed by atoms with Crippen LogP contribution in [0.15, 0.2) is 17.2 Å². The second kappa shape index (κ2) is 5.78. The third-order valence-electron chi connectivity index (χ3n) is 2.26. The zero-order valence-corrected chi connectivity index (χ0v) is 9.27. The molecule has 92 valence electrons. The molecule has 0 spiro atoms. The third-order valence-corrected chi connectivity index (χ3v) is 2.26. The zero-order valence-electron chi connectivity index (χ0n) is 9.27. The summed E-state index contributed by atoms with van der Waals surface area (Å²) in [6.07, 6.45) is 2.59. The summed E-state index contributed by atoms with van der Waals surface area (Å²) in [5, 5.41) is 11.2. The molecule has 0 radical (unpaired) electrons. The standard InChI is InChI=1S/C10H13N3O4/c1-2-6(10(16)17)3-13-9(15)7-4-12-8(14)5-11-7/h4-6H,2-3H2,1H3,(H,12,14)(H,13,15)(H,16,17). The Kier molecular flexibility index (Phi) is 4.38. The van der Waals surface area contributed by atoms with Crippen molar-refractivity contribution in [1.29, 1.82) is 0 Å². The molecule has 0 aromatic carbocycles. The van der Waals surface area contributed by atoms with Gasteiger partial charge in [-0.15, -0.1) is 0 Å². The highest BCUT2D eigenvalue weighted by Crippen LogP contribution is 2.00. The van der Waals surface area contributed by atoms with E-state index in [0.29, 0.717) is 6.42 Å². The fraction of sp³-hybridized carbons (Fsp3) is 0.400. The lowest BCUT2D eigenvalue weighted by atomic mass is 10.1. The van der Waals surface area contributed by atoms with E-state index in [9.17, 15) is 14.4 Å². The van der Waals surface area contributed by atoms with Crippen LogP contribution in [-0.4, -0.2) is 33.5 Å². The number of nitrogens with one attached hydrogen (secondary N) is 2. The number of carboxylic acids is 1. The van der Waals surface area contributed by atoms with Crippen molar-refractivity contribution in [3.8, 4) is 0 Å². The van der Waals surface area contributed by atoms with E-state index in [4.69, 9.17) is 5.11 Å². The number of H-pyrrole nitrogens is 1. The molecular formula is C10H13N3O4. The Balaban J connectivity index is 2.58. The van der Waals surface area contributed by atoms with Gasteiger partial charge in [-0.1, -0.05) is 6.92 Å². The summed E-state index contributed by atoms with van der Waals surface area (Å²) < 4.78 is 0. The summed E-state index contributed by atoms with van der Waals surface area (Å²) in [6.45, 7) is 1.76. The minimum Gasteiger partial charge on any atom is -0.481 e. The number of hydrogen-bond acceptors (Lipinski definition) is 4. The molecule has 0 saturated heterocycles. The SMILES string of the molecule is CCC(CNC(=O)c1c[nH]c(=O)cn1)C(=O)O. The normalized spacial score (nSPS) is 11.8. The highest BCUT2D eigenvalue weighted by atomic mass is 16.4. The van der Waals surface area contributed by atoms with E-state index in [-0.39, 0.29) is 12.2 Å². The van der Waals surface area contributed by atoms with Crippen molar-refractivity contribution in [3.05, 3.63) is 28.4 Å². The maximum atomic E-state index is 11.5. The Morgan fingerprint density at radius 3 is 2.76 bits per heavy atom. The van der Waals surface area contributed by atoms with Gasteiger partial charge in [0.25, 0.3) is 11.5 Å². The average molecular weight is 239 g/mol. The number of aromatic amines is 1. The Morgan fingerprint density at radius 2 is 2.29 bits per heavy atom. The van der Waals surface area contributed by atoms with E-state index in [1.807, 2.05) is 0 Å². The van der Waals surface area contributed by atoms with Crippen LogP contribution in [0.5, 0.6) is 0 Å². The van der Waals surface area contributed by atoms with Crippen LogP contribution in [0.25, 0.3) is 0 Å². The predicted molar refractivity (Wildman–Crippen MR) is 58.6 cm³/mol. The second-order valence-corrected chi connectivity index (χ2v) is 3.45. The molecular weight excluding hydrogens is 226 g/mol. The quantitative estimate of drug-likeness (QED) is 0.647. The van der Waals surface area contributed by atoms with E-state index >= 15 is 0 Å². The molecule has 1 amide bonds. The van der Waals surface area contributed by atoms with Crippen LogP contribution in [0, 0.1) is 5.92 Å². The molecule has 1 aromatic rings. The van der Waals surface area contributed by atoms with E-state index in [0.717, 1.165) is 6.20 Å². The first-order valence-corrected chi connectivity index (χ1v) is 5.10. The monoisotopic (exact) mass is 239 g/mol. The molecule has 3 N–H and O–H groups in total. The summed E-state index contributed by atoms with van der Waals surface area (Å²) in [7, 11) is 0. The zero-order chi connectivity index (χ0) is 12.8. The van der Waals surface area contributed by atoms with Gasteiger partial charge in [-0.25, -0.2) is 4.98 Å². The van der Waals surface area contributed by atoms with Gasteiger partial charge in [-0.3, -0.25) is 14.4 Å². The topological polar surface area (TPSA) is 112 Å². The Hall–Kier alpha value is -2.18. The largest absolute Gasteiger partial charge is 0.481 e. The number of hydrogen-bond donors (Lipinski definition) is 3. The van der Waals surface area contributed by atoms with Crippen LogP contribution in [0.2, 0.25) is 0 Å². The number of carbonyl (C=O) groups excluding carboxylic acids is 1. The molecule has 1 aromatic heterocycles. The maximum Gasteiger partial charge on any atom is 0.308 e. The van der Waals surface area contributed by atoms with Gasteiger partial charge in [-0.05, 0) is 6.42 Å².